The minimum Gasteiger partial charge on any atom is -0.396 e. The number of epoxide rings is 1. The van der Waals surface area contributed by atoms with Crippen molar-refractivity contribution in [2.75, 3.05) is 13.2 Å². The van der Waals surface area contributed by atoms with Gasteiger partial charge in [0.1, 0.15) is 6.10 Å². The van der Waals surface area contributed by atoms with Crippen molar-refractivity contribution in [2.24, 2.45) is 0 Å². The largest absolute Gasteiger partial charge is 0.396 e. The zero-order valence-electron chi connectivity index (χ0n) is 4.58. The Morgan fingerprint density at radius 1 is 1.25 bits per heavy atom. The highest BCUT2D eigenvalue weighted by Gasteiger charge is 2.36. The molecule has 2 unspecified atom stereocenters. The highest BCUT2D eigenvalue weighted by Crippen LogP contribution is 2.23. The fourth-order valence-corrected chi connectivity index (χ4v) is 0.721. The molecular formula is C5H10O3. The summed E-state index contributed by atoms with van der Waals surface area (Å²) in [5, 5.41) is 16.7. The standard InChI is InChI=1S/C5H10O3/c6-2-1-4-5(3-7)8-4/h4-7H,1-3H2. The second-order valence-corrected chi connectivity index (χ2v) is 1.91. The van der Waals surface area contributed by atoms with E-state index < -0.39 is 0 Å². The van der Waals surface area contributed by atoms with Crippen LogP contribution in [0.2, 0.25) is 0 Å². The lowest BCUT2D eigenvalue weighted by molar-refractivity contribution is 0.236. The summed E-state index contributed by atoms with van der Waals surface area (Å²) in [6.45, 7) is 0.242. The molecule has 1 aliphatic heterocycles. The minimum atomic E-state index is 0.0159. The zero-order valence-corrected chi connectivity index (χ0v) is 4.58. The van der Waals surface area contributed by atoms with E-state index in [1.807, 2.05) is 0 Å². The van der Waals surface area contributed by atoms with Crippen LogP contribution in [-0.4, -0.2) is 35.6 Å². The Morgan fingerprint density at radius 3 is 2.38 bits per heavy atom. The molecule has 0 bridgehead atoms. The molecule has 0 saturated carbocycles. The first-order valence-corrected chi connectivity index (χ1v) is 2.75. The van der Waals surface area contributed by atoms with Crippen molar-refractivity contribution < 1.29 is 14.9 Å². The summed E-state index contributed by atoms with van der Waals surface area (Å²) in [4.78, 5) is 0. The Kier molecular flexibility index (Phi) is 1.83. The third-order valence-corrected chi connectivity index (χ3v) is 1.28. The van der Waals surface area contributed by atoms with Gasteiger partial charge in [-0.15, -0.1) is 0 Å². The molecule has 48 valence electrons. The number of hydrogen-bond acceptors (Lipinski definition) is 3. The first kappa shape index (κ1) is 6.01. The van der Waals surface area contributed by atoms with Crippen molar-refractivity contribution in [3.63, 3.8) is 0 Å². The quantitative estimate of drug-likeness (QED) is 0.473. The summed E-state index contributed by atoms with van der Waals surface area (Å²) in [6.07, 6.45) is 0.803. The van der Waals surface area contributed by atoms with E-state index in [1.54, 1.807) is 0 Å². The van der Waals surface area contributed by atoms with Crippen LogP contribution >= 0.6 is 0 Å². The Morgan fingerprint density at radius 2 is 2.00 bits per heavy atom. The van der Waals surface area contributed by atoms with Gasteiger partial charge in [0.2, 0.25) is 0 Å². The number of hydrogen-bond donors (Lipinski definition) is 2. The van der Waals surface area contributed by atoms with Gasteiger partial charge in [0, 0.05) is 6.61 Å². The third-order valence-electron chi connectivity index (χ3n) is 1.28. The molecule has 3 nitrogen and oxygen atoms in total. The molecular weight excluding hydrogens is 108 g/mol. The summed E-state index contributed by atoms with van der Waals surface area (Å²) < 4.78 is 4.90. The summed E-state index contributed by atoms with van der Waals surface area (Å²) in [6, 6.07) is 0. The van der Waals surface area contributed by atoms with Crippen LogP contribution in [0.3, 0.4) is 0 Å². The van der Waals surface area contributed by atoms with E-state index in [1.165, 1.54) is 0 Å². The molecule has 0 aromatic carbocycles. The molecule has 1 saturated heterocycles. The van der Waals surface area contributed by atoms with Crippen LogP contribution in [0, 0.1) is 0 Å². The summed E-state index contributed by atoms with van der Waals surface area (Å²) >= 11 is 0. The van der Waals surface area contributed by atoms with E-state index in [0.717, 1.165) is 0 Å². The van der Waals surface area contributed by atoms with Crippen LogP contribution in [0.1, 0.15) is 6.42 Å². The summed E-state index contributed by atoms with van der Waals surface area (Å²) in [5.41, 5.74) is 0. The Hall–Kier alpha value is -0.120. The second-order valence-electron chi connectivity index (χ2n) is 1.91. The maximum atomic E-state index is 8.40. The lowest BCUT2D eigenvalue weighted by atomic mass is 10.2. The van der Waals surface area contributed by atoms with Crippen molar-refractivity contribution in [1.29, 1.82) is 0 Å². The Labute approximate surface area is 47.9 Å². The van der Waals surface area contributed by atoms with E-state index in [2.05, 4.69) is 0 Å². The lowest BCUT2D eigenvalue weighted by Crippen LogP contribution is -2.00. The van der Waals surface area contributed by atoms with Gasteiger partial charge in [-0.2, -0.15) is 0 Å². The average molecular weight is 118 g/mol. The predicted octanol–water partition coefficient (Wildman–Crippen LogP) is -0.872. The molecule has 1 rings (SSSR count). The van der Waals surface area contributed by atoms with Gasteiger partial charge in [0.05, 0.1) is 12.7 Å². The molecule has 1 heterocycles. The lowest BCUT2D eigenvalue weighted by Gasteiger charge is -1.83. The van der Waals surface area contributed by atoms with E-state index in [-0.39, 0.29) is 25.4 Å². The van der Waals surface area contributed by atoms with Crippen LogP contribution in [0.15, 0.2) is 0 Å². The highest BCUT2D eigenvalue weighted by atomic mass is 16.6. The first-order valence-electron chi connectivity index (χ1n) is 2.75. The topological polar surface area (TPSA) is 53.0 Å². The summed E-state index contributed by atoms with van der Waals surface area (Å²) in [7, 11) is 0. The van der Waals surface area contributed by atoms with Gasteiger partial charge in [-0.25, -0.2) is 0 Å². The third kappa shape index (κ3) is 1.18. The number of aliphatic hydroxyl groups excluding tert-OH is 2. The molecule has 0 radical (unpaired) electrons. The van der Waals surface area contributed by atoms with Crippen molar-refractivity contribution >= 4 is 0 Å². The van der Waals surface area contributed by atoms with Crippen molar-refractivity contribution in [3.8, 4) is 0 Å². The van der Waals surface area contributed by atoms with Crippen LogP contribution in [-0.2, 0) is 4.74 Å². The van der Waals surface area contributed by atoms with E-state index in [0.29, 0.717) is 6.42 Å². The molecule has 0 spiro atoms. The SMILES string of the molecule is OCCC1OC1CO. The average Bonchev–Trinajstić information content (AvgIpc) is 2.48. The van der Waals surface area contributed by atoms with Gasteiger partial charge in [0.15, 0.2) is 0 Å². The van der Waals surface area contributed by atoms with Crippen molar-refractivity contribution in [1.82, 2.24) is 0 Å². The Balaban J connectivity index is 1.99. The maximum absolute atomic E-state index is 8.40. The molecule has 0 aromatic heterocycles. The van der Waals surface area contributed by atoms with Crippen molar-refractivity contribution in [3.05, 3.63) is 0 Å². The van der Waals surface area contributed by atoms with Gasteiger partial charge in [-0.3, -0.25) is 0 Å². The fraction of sp³-hybridized carbons (Fsp3) is 1.00. The van der Waals surface area contributed by atoms with Gasteiger partial charge in [0.25, 0.3) is 0 Å². The molecule has 2 atom stereocenters. The zero-order chi connectivity index (χ0) is 5.98. The molecule has 1 aliphatic rings. The summed E-state index contributed by atoms with van der Waals surface area (Å²) in [5.74, 6) is 0. The number of ether oxygens (including phenoxy) is 1. The van der Waals surface area contributed by atoms with Crippen LogP contribution in [0.25, 0.3) is 0 Å². The molecule has 2 N–H and O–H groups in total. The molecule has 8 heavy (non-hydrogen) atoms. The second kappa shape index (κ2) is 2.44. The van der Waals surface area contributed by atoms with Crippen LogP contribution in [0.5, 0.6) is 0 Å². The van der Waals surface area contributed by atoms with E-state index >= 15 is 0 Å². The first-order chi connectivity index (χ1) is 3.88. The van der Waals surface area contributed by atoms with Crippen molar-refractivity contribution in [2.45, 2.75) is 18.6 Å². The molecule has 3 heteroatoms. The normalized spacial score (nSPS) is 35.2. The minimum absolute atomic E-state index is 0.0159. The van der Waals surface area contributed by atoms with E-state index in [9.17, 15) is 0 Å². The van der Waals surface area contributed by atoms with Gasteiger partial charge >= 0.3 is 0 Å². The van der Waals surface area contributed by atoms with Crippen LogP contribution in [0.4, 0.5) is 0 Å². The Bertz CT molecular complexity index is 74.1. The van der Waals surface area contributed by atoms with Crippen LogP contribution < -0.4 is 0 Å². The number of rotatable bonds is 3. The van der Waals surface area contributed by atoms with Gasteiger partial charge in [-0.1, -0.05) is 0 Å². The highest BCUT2D eigenvalue weighted by molar-refractivity contribution is 4.83. The van der Waals surface area contributed by atoms with Gasteiger partial charge < -0.3 is 14.9 Å². The maximum Gasteiger partial charge on any atom is 0.107 e. The molecule has 0 aliphatic carbocycles. The van der Waals surface area contributed by atoms with Gasteiger partial charge in [-0.05, 0) is 6.42 Å². The molecule has 0 amide bonds. The smallest absolute Gasteiger partial charge is 0.107 e. The predicted molar refractivity (Wildman–Crippen MR) is 27.4 cm³/mol. The fourth-order valence-electron chi connectivity index (χ4n) is 0.721. The number of aliphatic hydroxyl groups is 2. The molecule has 1 fully saturated rings. The monoisotopic (exact) mass is 118 g/mol. The molecule has 0 aromatic rings. The van der Waals surface area contributed by atoms with E-state index in [4.69, 9.17) is 14.9 Å².